The highest BCUT2D eigenvalue weighted by atomic mass is 16.4. The number of primary amides is 1. The lowest BCUT2D eigenvalue weighted by Crippen LogP contribution is -2.47. The smallest absolute Gasteiger partial charge is 0.326 e. The monoisotopic (exact) mass is 280 g/mol. The third-order valence-corrected chi connectivity index (χ3v) is 2.54. The first kappa shape index (κ1) is 15.4. The molecule has 0 fully saturated rings. The van der Waals surface area contributed by atoms with E-state index >= 15 is 0 Å². The highest BCUT2D eigenvalue weighted by Crippen LogP contribution is 2.02. The van der Waals surface area contributed by atoms with Crippen molar-refractivity contribution in [1.82, 2.24) is 15.6 Å². The minimum absolute atomic E-state index is 0.154. The first-order valence-corrected chi connectivity index (χ1v) is 5.86. The third-order valence-electron chi connectivity index (χ3n) is 2.54. The number of nitrogens with zero attached hydrogens (tertiary/aromatic N) is 1. The van der Waals surface area contributed by atoms with Gasteiger partial charge in [0.2, 0.25) is 5.91 Å². The summed E-state index contributed by atoms with van der Waals surface area (Å²) in [5.74, 6) is -2.13. The number of aliphatic carboxylic acids is 1. The van der Waals surface area contributed by atoms with Crippen molar-refractivity contribution in [2.45, 2.75) is 25.9 Å². The van der Waals surface area contributed by atoms with Crippen LogP contribution in [0.5, 0.6) is 0 Å². The maximum Gasteiger partial charge on any atom is 0.326 e. The van der Waals surface area contributed by atoms with E-state index in [1.807, 2.05) is 13.0 Å². The number of aromatic nitrogens is 1. The van der Waals surface area contributed by atoms with Crippen LogP contribution >= 0.6 is 0 Å². The highest BCUT2D eigenvalue weighted by Gasteiger charge is 2.21. The van der Waals surface area contributed by atoms with Crippen molar-refractivity contribution in [3.8, 4) is 0 Å². The van der Waals surface area contributed by atoms with E-state index in [2.05, 4.69) is 15.6 Å². The fourth-order valence-electron chi connectivity index (χ4n) is 1.48. The van der Waals surface area contributed by atoms with Gasteiger partial charge in [0.15, 0.2) is 0 Å². The second-order valence-corrected chi connectivity index (χ2v) is 4.16. The molecular formula is C12H16N4O4. The number of carbonyl (C=O) groups excluding carboxylic acids is 2. The Balaban J connectivity index is 2.52. The van der Waals surface area contributed by atoms with Crippen molar-refractivity contribution in [2.75, 3.05) is 0 Å². The molecule has 1 rings (SSSR count). The number of carboxylic acids is 1. The molecule has 20 heavy (non-hydrogen) atoms. The lowest BCUT2D eigenvalue weighted by molar-refractivity contribution is -0.140. The number of hydrogen-bond acceptors (Lipinski definition) is 4. The van der Waals surface area contributed by atoms with Gasteiger partial charge >= 0.3 is 12.0 Å². The van der Waals surface area contributed by atoms with Crippen LogP contribution in [0.4, 0.5) is 4.79 Å². The molecule has 3 amide bonds. The molecule has 1 aromatic rings. The summed E-state index contributed by atoms with van der Waals surface area (Å²) in [5.41, 5.74) is 6.48. The summed E-state index contributed by atoms with van der Waals surface area (Å²) in [7, 11) is 0. The van der Waals surface area contributed by atoms with Crippen LogP contribution in [0, 0.1) is 6.92 Å². The fourth-order valence-corrected chi connectivity index (χ4v) is 1.48. The van der Waals surface area contributed by atoms with Gasteiger partial charge in [0.25, 0.3) is 0 Å². The number of pyridine rings is 1. The molecule has 8 nitrogen and oxygen atoms in total. The lowest BCUT2D eigenvalue weighted by atomic mass is 10.2. The molecule has 0 unspecified atom stereocenters. The van der Waals surface area contributed by atoms with Crippen molar-refractivity contribution >= 4 is 17.9 Å². The van der Waals surface area contributed by atoms with Gasteiger partial charge in [-0.25, -0.2) is 9.59 Å². The first-order chi connectivity index (χ1) is 9.40. The predicted octanol–water partition coefficient (Wildman–Crippen LogP) is -0.482. The molecule has 0 aliphatic rings. The summed E-state index contributed by atoms with van der Waals surface area (Å²) in [6.45, 7) is 2.00. The van der Waals surface area contributed by atoms with Gasteiger partial charge in [-0.05, 0) is 18.6 Å². The number of rotatable bonds is 6. The summed E-state index contributed by atoms with van der Waals surface area (Å²) in [6, 6.07) is 1.56. The van der Waals surface area contributed by atoms with Crippen LogP contribution < -0.4 is 16.4 Å². The van der Waals surface area contributed by atoms with Crippen molar-refractivity contribution in [3.63, 3.8) is 0 Å². The maximum absolute atomic E-state index is 11.6. The Morgan fingerprint density at radius 3 is 2.70 bits per heavy atom. The molecule has 0 aliphatic heterocycles. The molecule has 0 aromatic carbocycles. The number of nitrogens with one attached hydrogen (secondary N) is 2. The zero-order valence-corrected chi connectivity index (χ0v) is 10.9. The molecule has 0 spiro atoms. The minimum atomic E-state index is -1.35. The number of carbonyl (C=O) groups is 3. The molecule has 0 aliphatic carbocycles. The Hall–Kier alpha value is -2.64. The van der Waals surface area contributed by atoms with E-state index < -0.39 is 30.4 Å². The normalized spacial score (nSPS) is 11.4. The molecule has 1 heterocycles. The molecule has 0 radical (unpaired) electrons. The number of urea groups is 1. The van der Waals surface area contributed by atoms with Crippen LogP contribution in [0.2, 0.25) is 0 Å². The zero-order valence-electron chi connectivity index (χ0n) is 10.9. The van der Waals surface area contributed by atoms with E-state index in [-0.39, 0.29) is 6.54 Å². The van der Waals surface area contributed by atoms with E-state index in [1.54, 1.807) is 12.3 Å². The van der Waals surface area contributed by atoms with E-state index in [0.717, 1.165) is 5.56 Å². The fraction of sp³-hybridized carbons (Fsp3) is 0.333. The largest absolute Gasteiger partial charge is 0.480 e. The van der Waals surface area contributed by atoms with Crippen LogP contribution in [0.25, 0.3) is 0 Å². The average Bonchev–Trinajstić information content (AvgIpc) is 2.36. The third kappa shape index (κ3) is 4.92. The van der Waals surface area contributed by atoms with Gasteiger partial charge in [-0.15, -0.1) is 0 Å². The van der Waals surface area contributed by atoms with Crippen LogP contribution in [0.1, 0.15) is 17.7 Å². The SMILES string of the molecule is Cc1cccnc1CNC(=O)N[C@H](CC(N)=O)C(=O)O. The van der Waals surface area contributed by atoms with Gasteiger partial charge in [0.1, 0.15) is 6.04 Å². The number of amides is 3. The maximum atomic E-state index is 11.6. The summed E-state index contributed by atoms with van der Waals surface area (Å²) in [5, 5.41) is 13.5. The van der Waals surface area contributed by atoms with Crippen molar-refractivity contribution < 1.29 is 19.5 Å². The molecule has 0 bridgehead atoms. The predicted molar refractivity (Wildman–Crippen MR) is 69.6 cm³/mol. The summed E-state index contributed by atoms with van der Waals surface area (Å²) >= 11 is 0. The highest BCUT2D eigenvalue weighted by molar-refractivity contribution is 5.87. The lowest BCUT2D eigenvalue weighted by Gasteiger charge is -2.13. The van der Waals surface area contributed by atoms with Gasteiger partial charge < -0.3 is 21.5 Å². The number of nitrogens with two attached hydrogens (primary N) is 1. The first-order valence-electron chi connectivity index (χ1n) is 5.86. The Kier molecular flexibility index (Phi) is 5.45. The molecule has 0 saturated heterocycles. The van der Waals surface area contributed by atoms with Crippen molar-refractivity contribution in [2.24, 2.45) is 5.73 Å². The molecule has 108 valence electrons. The Bertz CT molecular complexity index is 518. The zero-order chi connectivity index (χ0) is 15.1. The Labute approximate surface area is 115 Å². The molecule has 1 atom stereocenters. The van der Waals surface area contributed by atoms with Gasteiger partial charge in [-0.2, -0.15) is 0 Å². The van der Waals surface area contributed by atoms with Gasteiger partial charge in [-0.3, -0.25) is 9.78 Å². The van der Waals surface area contributed by atoms with Gasteiger partial charge in [0, 0.05) is 6.20 Å². The summed E-state index contributed by atoms with van der Waals surface area (Å²) < 4.78 is 0. The number of hydrogen-bond donors (Lipinski definition) is 4. The Morgan fingerprint density at radius 1 is 1.45 bits per heavy atom. The van der Waals surface area contributed by atoms with Gasteiger partial charge in [0.05, 0.1) is 18.7 Å². The van der Waals surface area contributed by atoms with Crippen LogP contribution in [-0.4, -0.2) is 34.0 Å². The second kappa shape index (κ2) is 7.07. The Morgan fingerprint density at radius 2 is 2.15 bits per heavy atom. The second-order valence-electron chi connectivity index (χ2n) is 4.16. The topological polar surface area (TPSA) is 134 Å². The minimum Gasteiger partial charge on any atom is -0.480 e. The molecule has 8 heteroatoms. The molecule has 5 N–H and O–H groups in total. The molecule has 1 aromatic heterocycles. The van der Waals surface area contributed by atoms with E-state index in [0.29, 0.717) is 5.69 Å². The van der Waals surface area contributed by atoms with E-state index in [4.69, 9.17) is 10.8 Å². The molecule has 0 saturated carbocycles. The van der Waals surface area contributed by atoms with Crippen molar-refractivity contribution in [3.05, 3.63) is 29.6 Å². The van der Waals surface area contributed by atoms with Crippen LogP contribution in [0.15, 0.2) is 18.3 Å². The standard InChI is InChI=1S/C12H16N4O4/c1-7-3-2-4-14-9(7)6-15-12(20)16-8(11(18)19)5-10(13)17/h2-4,8H,5-6H2,1H3,(H2,13,17)(H,18,19)(H2,15,16,20)/t8-/m1/s1. The molecular weight excluding hydrogens is 264 g/mol. The summed E-state index contributed by atoms with van der Waals surface area (Å²) in [6.07, 6.45) is 1.13. The average molecular weight is 280 g/mol. The van der Waals surface area contributed by atoms with E-state index in [9.17, 15) is 14.4 Å². The number of carboxylic acid groups (broad SMARTS) is 1. The van der Waals surface area contributed by atoms with E-state index in [1.165, 1.54) is 0 Å². The summed E-state index contributed by atoms with van der Waals surface area (Å²) in [4.78, 5) is 37.2. The number of aryl methyl sites for hydroxylation is 1. The van der Waals surface area contributed by atoms with Gasteiger partial charge in [-0.1, -0.05) is 6.07 Å². The van der Waals surface area contributed by atoms with Crippen LogP contribution in [-0.2, 0) is 16.1 Å². The quantitative estimate of drug-likeness (QED) is 0.558. The van der Waals surface area contributed by atoms with Crippen LogP contribution in [0.3, 0.4) is 0 Å². The van der Waals surface area contributed by atoms with Crippen molar-refractivity contribution in [1.29, 1.82) is 0 Å².